The lowest BCUT2D eigenvalue weighted by atomic mass is 9.96. The van der Waals surface area contributed by atoms with Crippen LogP contribution in [-0.4, -0.2) is 28.1 Å². The Bertz CT molecular complexity index is 925. The van der Waals surface area contributed by atoms with Crippen LogP contribution in [0.2, 0.25) is 0 Å². The Kier molecular flexibility index (Phi) is 4.13. The Labute approximate surface area is 138 Å². The van der Waals surface area contributed by atoms with Crippen molar-refractivity contribution >= 4 is 31.6 Å². The maximum atomic E-state index is 12.2. The van der Waals surface area contributed by atoms with E-state index in [-0.39, 0.29) is 12.8 Å². The molecule has 8 heteroatoms. The zero-order valence-electron chi connectivity index (χ0n) is 12.5. The Balaban J connectivity index is 1.95. The highest BCUT2D eigenvalue weighted by Gasteiger charge is 2.38. The van der Waals surface area contributed by atoms with Gasteiger partial charge in [-0.25, -0.2) is 28.5 Å². The molecule has 0 aliphatic rings. The van der Waals surface area contributed by atoms with Crippen LogP contribution in [0.1, 0.15) is 18.3 Å². The zero-order chi connectivity index (χ0) is 16.5. The third-order valence-corrected chi connectivity index (χ3v) is 6.28. The molecule has 0 bridgehead atoms. The summed E-state index contributed by atoms with van der Waals surface area (Å²) in [6.07, 6.45) is 3.61. The minimum absolute atomic E-state index is 0.155. The molecule has 1 atom stereocenters. The van der Waals surface area contributed by atoms with Gasteiger partial charge >= 0.3 is 0 Å². The molecule has 0 aliphatic carbocycles. The minimum Gasteiger partial charge on any atom is -0.245 e. The van der Waals surface area contributed by atoms with E-state index in [0.717, 1.165) is 15.8 Å². The van der Waals surface area contributed by atoms with Crippen molar-refractivity contribution in [2.24, 2.45) is 5.14 Å². The molecule has 0 fully saturated rings. The smallest absolute Gasteiger partial charge is 0.215 e. The first-order valence-electron chi connectivity index (χ1n) is 6.98. The SMILES string of the molecule is CC(Cc1ccc2scnc2c1)(Cc1ncccn1)S(N)(=O)=O. The van der Waals surface area contributed by atoms with Crippen LogP contribution < -0.4 is 5.14 Å². The molecule has 2 aromatic heterocycles. The molecule has 1 aromatic carbocycles. The Morgan fingerprint density at radius 3 is 2.61 bits per heavy atom. The predicted molar refractivity (Wildman–Crippen MR) is 90.6 cm³/mol. The summed E-state index contributed by atoms with van der Waals surface area (Å²) in [5, 5.41) is 5.51. The second kappa shape index (κ2) is 5.95. The summed E-state index contributed by atoms with van der Waals surface area (Å²) in [5.74, 6) is 0.457. The summed E-state index contributed by atoms with van der Waals surface area (Å²) in [6, 6.07) is 7.45. The third-order valence-electron chi connectivity index (χ3n) is 3.81. The number of hydrogen-bond donors (Lipinski definition) is 1. The van der Waals surface area contributed by atoms with E-state index in [0.29, 0.717) is 5.82 Å². The molecule has 0 spiro atoms. The molecule has 0 saturated heterocycles. The molecule has 6 nitrogen and oxygen atoms in total. The number of sulfonamides is 1. The number of benzene rings is 1. The van der Waals surface area contributed by atoms with E-state index in [4.69, 9.17) is 5.14 Å². The van der Waals surface area contributed by atoms with Crippen molar-refractivity contribution in [3.63, 3.8) is 0 Å². The molecule has 2 heterocycles. The molecule has 0 aliphatic heterocycles. The van der Waals surface area contributed by atoms with E-state index < -0.39 is 14.8 Å². The lowest BCUT2D eigenvalue weighted by Gasteiger charge is -2.26. The van der Waals surface area contributed by atoms with Gasteiger partial charge in [0.2, 0.25) is 10.0 Å². The molecule has 120 valence electrons. The van der Waals surface area contributed by atoms with E-state index in [9.17, 15) is 8.42 Å². The van der Waals surface area contributed by atoms with Crippen LogP contribution in [0.5, 0.6) is 0 Å². The van der Waals surface area contributed by atoms with Gasteiger partial charge in [0.25, 0.3) is 0 Å². The molecule has 2 N–H and O–H groups in total. The van der Waals surface area contributed by atoms with Crippen LogP contribution in [0, 0.1) is 0 Å². The third kappa shape index (κ3) is 3.39. The molecule has 0 radical (unpaired) electrons. The van der Waals surface area contributed by atoms with Gasteiger partial charge in [-0.2, -0.15) is 0 Å². The van der Waals surface area contributed by atoms with E-state index >= 15 is 0 Å². The quantitative estimate of drug-likeness (QED) is 0.759. The first-order chi connectivity index (χ1) is 10.9. The van der Waals surface area contributed by atoms with Crippen LogP contribution in [-0.2, 0) is 22.9 Å². The van der Waals surface area contributed by atoms with Gasteiger partial charge in [0.15, 0.2) is 0 Å². The molecular weight excluding hydrogens is 332 g/mol. The van der Waals surface area contributed by atoms with E-state index in [2.05, 4.69) is 15.0 Å². The Hall–Kier alpha value is -1.90. The van der Waals surface area contributed by atoms with Crippen LogP contribution in [0.15, 0.2) is 42.2 Å². The van der Waals surface area contributed by atoms with Crippen LogP contribution in [0.25, 0.3) is 10.2 Å². The molecule has 3 aromatic rings. The number of fused-ring (bicyclic) bond motifs is 1. The molecule has 0 amide bonds. The van der Waals surface area contributed by atoms with Crippen molar-refractivity contribution in [1.29, 1.82) is 0 Å². The highest BCUT2D eigenvalue weighted by Crippen LogP contribution is 2.27. The number of aromatic nitrogens is 3. The van der Waals surface area contributed by atoms with Crippen LogP contribution in [0.3, 0.4) is 0 Å². The van der Waals surface area contributed by atoms with Crippen molar-refractivity contribution in [3.8, 4) is 0 Å². The summed E-state index contributed by atoms with van der Waals surface area (Å²) in [7, 11) is -3.80. The largest absolute Gasteiger partial charge is 0.245 e. The summed E-state index contributed by atoms with van der Waals surface area (Å²) in [4.78, 5) is 12.5. The van der Waals surface area contributed by atoms with Gasteiger partial charge < -0.3 is 0 Å². The highest BCUT2D eigenvalue weighted by molar-refractivity contribution is 7.90. The maximum absolute atomic E-state index is 12.2. The fourth-order valence-corrected chi connectivity index (χ4v) is 3.82. The Morgan fingerprint density at radius 1 is 1.17 bits per heavy atom. The lowest BCUT2D eigenvalue weighted by molar-refractivity contribution is 0.515. The van der Waals surface area contributed by atoms with Crippen molar-refractivity contribution < 1.29 is 8.42 Å². The average Bonchev–Trinajstić information content (AvgIpc) is 2.94. The van der Waals surface area contributed by atoms with Gasteiger partial charge in [-0.05, 0) is 37.1 Å². The van der Waals surface area contributed by atoms with E-state index in [1.165, 1.54) is 0 Å². The topological polar surface area (TPSA) is 98.8 Å². The first-order valence-corrected chi connectivity index (χ1v) is 9.40. The van der Waals surface area contributed by atoms with Gasteiger partial charge in [0.1, 0.15) is 5.82 Å². The minimum atomic E-state index is -3.80. The summed E-state index contributed by atoms with van der Waals surface area (Å²) < 4.78 is 24.3. The molecule has 3 rings (SSSR count). The van der Waals surface area contributed by atoms with Gasteiger partial charge in [-0.1, -0.05) is 6.07 Å². The molecule has 23 heavy (non-hydrogen) atoms. The fourth-order valence-electron chi connectivity index (χ4n) is 2.46. The Morgan fingerprint density at radius 2 is 1.91 bits per heavy atom. The van der Waals surface area contributed by atoms with Crippen LogP contribution >= 0.6 is 11.3 Å². The summed E-state index contributed by atoms with van der Waals surface area (Å²) in [6.45, 7) is 1.63. The van der Waals surface area contributed by atoms with Gasteiger partial charge in [-0.3, -0.25) is 0 Å². The monoisotopic (exact) mass is 348 g/mol. The van der Waals surface area contributed by atoms with Gasteiger partial charge in [0, 0.05) is 18.8 Å². The zero-order valence-corrected chi connectivity index (χ0v) is 14.1. The predicted octanol–water partition coefficient (Wildman–Crippen LogP) is 1.92. The van der Waals surface area contributed by atoms with Crippen molar-refractivity contribution in [2.45, 2.75) is 24.5 Å². The molecule has 0 saturated carbocycles. The number of hydrogen-bond acceptors (Lipinski definition) is 6. The van der Waals surface area contributed by atoms with E-state index in [1.807, 2.05) is 18.2 Å². The second-order valence-electron chi connectivity index (χ2n) is 5.67. The van der Waals surface area contributed by atoms with Crippen molar-refractivity contribution in [2.75, 3.05) is 0 Å². The molecular formula is C15H16N4O2S2. The second-order valence-corrected chi connectivity index (χ2v) is 8.63. The highest BCUT2D eigenvalue weighted by atomic mass is 32.2. The average molecular weight is 348 g/mol. The number of primary sulfonamides is 1. The van der Waals surface area contributed by atoms with Gasteiger partial charge in [-0.15, -0.1) is 11.3 Å². The van der Waals surface area contributed by atoms with Gasteiger partial charge in [0.05, 0.1) is 20.5 Å². The maximum Gasteiger partial charge on any atom is 0.215 e. The number of rotatable bonds is 5. The first kappa shape index (κ1) is 16.0. The lowest BCUT2D eigenvalue weighted by Crippen LogP contribution is -2.45. The van der Waals surface area contributed by atoms with Crippen molar-refractivity contribution in [3.05, 3.63) is 53.6 Å². The molecule has 1 unspecified atom stereocenters. The fraction of sp³-hybridized carbons (Fsp3) is 0.267. The summed E-state index contributed by atoms with van der Waals surface area (Å²) >= 11 is 1.55. The number of thiazole rings is 1. The van der Waals surface area contributed by atoms with E-state index in [1.54, 1.807) is 42.2 Å². The standard InChI is InChI=1S/C15H16N4O2S2/c1-15(23(16,20)21,9-14-17-5-2-6-18-14)8-11-3-4-13-12(7-11)19-10-22-13/h2-7,10H,8-9H2,1H3,(H2,16,20,21). The summed E-state index contributed by atoms with van der Waals surface area (Å²) in [5.41, 5.74) is 3.50. The van der Waals surface area contributed by atoms with Crippen molar-refractivity contribution in [1.82, 2.24) is 15.0 Å². The normalized spacial score (nSPS) is 14.7. The number of nitrogens with zero attached hydrogens (tertiary/aromatic N) is 3. The number of nitrogens with two attached hydrogens (primary N) is 1. The van der Waals surface area contributed by atoms with Crippen LogP contribution in [0.4, 0.5) is 0 Å².